The van der Waals surface area contributed by atoms with Crippen LogP contribution in [0.2, 0.25) is 0 Å². The number of halogens is 3. The summed E-state index contributed by atoms with van der Waals surface area (Å²) in [5.74, 6) is -0.146. The Labute approximate surface area is 107 Å². The van der Waals surface area contributed by atoms with Crippen molar-refractivity contribution in [3.05, 3.63) is 12.4 Å². The average Bonchev–Trinajstić information content (AvgIpc) is 3.09. The molecule has 0 radical (unpaired) electrons. The van der Waals surface area contributed by atoms with Crippen molar-refractivity contribution in [2.24, 2.45) is 0 Å². The highest BCUT2D eigenvalue weighted by Crippen LogP contribution is 2.34. The van der Waals surface area contributed by atoms with E-state index in [1.807, 2.05) is 0 Å². The van der Waals surface area contributed by atoms with Gasteiger partial charge in [0.2, 0.25) is 16.0 Å². The van der Waals surface area contributed by atoms with Crippen LogP contribution in [-0.4, -0.2) is 41.5 Å². The zero-order valence-corrected chi connectivity index (χ0v) is 10.4. The number of nitrogens with zero attached hydrogens (tertiary/aromatic N) is 3. The van der Waals surface area contributed by atoms with Gasteiger partial charge < -0.3 is 5.73 Å². The van der Waals surface area contributed by atoms with Gasteiger partial charge in [-0.25, -0.2) is 18.4 Å². The Morgan fingerprint density at radius 3 is 2.26 bits per heavy atom. The molecule has 1 aliphatic rings. The Balaban J connectivity index is 2.32. The highest BCUT2D eigenvalue weighted by Gasteiger charge is 2.44. The molecule has 1 saturated carbocycles. The molecule has 1 fully saturated rings. The first kappa shape index (κ1) is 14.0. The molecule has 0 bridgehead atoms. The summed E-state index contributed by atoms with van der Waals surface area (Å²) in [4.78, 5) is 6.58. The van der Waals surface area contributed by atoms with Gasteiger partial charge in [-0.05, 0) is 12.8 Å². The van der Waals surface area contributed by atoms with Crippen LogP contribution in [0.5, 0.6) is 0 Å². The van der Waals surface area contributed by atoms with Crippen molar-refractivity contribution in [1.29, 1.82) is 0 Å². The summed E-state index contributed by atoms with van der Waals surface area (Å²) in [7, 11) is -4.25. The summed E-state index contributed by atoms with van der Waals surface area (Å²) < 4.78 is 62.0. The van der Waals surface area contributed by atoms with E-state index in [1.165, 1.54) is 0 Å². The van der Waals surface area contributed by atoms with Crippen molar-refractivity contribution >= 4 is 16.0 Å². The minimum Gasteiger partial charge on any atom is -0.368 e. The normalized spacial score (nSPS) is 16.8. The smallest absolute Gasteiger partial charge is 0.368 e. The molecule has 0 aromatic carbocycles. The quantitative estimate of drug-likeness (QED) is 0.886. The summed E-state index contributed by atoms with van der Waals surface area (Å²) in [6, 6.07) is -0.607. The van der Waals surface area contributed by atoms with Gasteiger partial charge in [-0.15, -0.1) is 0 Å². The van der Waals surface area contributed by atoms with E-state index in [0.717, 1.165) is 12.4 Å². The summed E-state index contributed by atoms with van der Waals surface area (Å²) in [6.45, 7) is -1.51. The number of hydrogen-bond acceptors (Lipinski definition) is 5. The van der Waals surface area contributed by atoms with Gasteiger partial charge in [0.1, 0.15) is 11.4 Å². The van der Waals surface area contributed by atoms with E-state index < -0.39 is 33.7 Å². The van der Waals surface area contributed by atoms with Gasteiger partial charge >= 0.3 is 6.18 Å². The van der Waals surface area contributed by atoms with Crippen molar-refractivity contribution in [3.63, 3.8) is 0 Å². The molecule has 0 amide bonds. The zero-order chi connectivity index (χ0) is 14.3. The molecule has 19 heavy (non-hydrogen) atoms. The van der Waals surface area contributed by atoms with Crippen LogP contribution < -0.4 is 5.73 Å². The topological polar surface area (TPSA) is 89.2 Å². The molecule has 10 heteroatoms. The van der Waals surface area contributed by atoms with Crippen LogP contribution in [0, 0.1) is 0 Å². The van der Waals surface area contributed by atoms with E-state index in [1.54, 1.807) is 0 Å². The molecule has 0 spiro atoms. The predicted octanol–water partition coefficient (Wildman–Crippen LogP) is 0.774. The number of nitrogen functional groups attached to an aromatic ring is 1. The fourth-order valence-electron chi connectivity index (χ4n) is 1.54. The van der Waals surface area contributed by atoms with Gasteiger partial charge in [-0.1, -0.05) is 0 Å². The lowest BCUT2D eigenvalue weighted by Gasteiger charge is -2.22. The fourth-order valence-corrected chi connectivity index (χ4v) is 3.11. The summed E-state index contributed by atoms with van der Waals surface area (Å²) in [5, 5.41) is 0. The Morgan fingerprint density at radius 2 is 1.84 bits per heavy atom. The largest absolute Gasteiger partial charge is 0.402 e. The maximum Gasteiger partial charge on any atom is 0.402 e. The van der Waals surface area contributed by atoms with E-state index in [2.05, 4.69) is 9.97 Å². The van der Waals surface area contributed by atoms with Gasteiger partial charge in [0.15, 0.2) is 0 Å². The van der Waals surface area contributed by atoms with E-state index >= 15 is 0 Å². The third-order valence-electron chi connectivity index (χ3n) is 2.54. The van der Waals surface area contributed by atoms with E-state index in [4.69, 9.17) is 5.73 Å². The first-order valence-electron chi connectivity index (χ1n) is 5.36. The van der Waals surface area contributed by atoms with Crippen LogP contribution in [0.4, 0.5) is 19.1 Å². The Bertz CT molecular complexity index is 554. The minimum atomic E-state index is -4.59. The number of hydrogen-bond donors (Lipinski definition) is 1. The molecule has 2 N–H and O–H groups in total. The maximum atomic E-state index is 12.4. The van der Waals surface area contributed by atoms with Crippen molar-refractivity contribution in [1.82, 2.24) is 14.3 Å². The monoisotopic (exact) mass is 296 g/mol. The number of sulfonamides is 1. The SMILES string of the molecule is Nc1ncc(S(=O)(=O)N(CC(F)(F)F)C2CC2)cn1. The van der Waals surface area contributed by atoms with E-state index in [0.29, 0.717) is 17.1 Å². The van der Waals surface area contributed by atoms with E-state index in [-0.39, 0.29) is 5.95 Å². The Kier molecular flexibility index (Phi) is 3.39. The predicted molar refractivity (Wildman–Crippen MR) is 59.4 cm³/mol. The molecule has 0 saturated heterocycles. The Hall–Kier alpha value is -1.42. The molecule has 0 unspecified atom stereocenters. The van der Waals surface area contributed by atoms with Crippen molar-refractivity contribution in [2.45, 2.75) is 30.0 Å². The second-order valence-corrected chi connectivity index (χ2v) is 6.06. The van der Waals surface area contributed by atoms with Crippen LogP contribution >= 0.6 is 0 Å². The molecule has 0 atom stereocenters. The summed E-state index contributed by atoms with van der Waals surface area (Å²) >= 11 is 0. The lowest BCUT2D eigenvalue weighted by molar-refractivity contribution is -0.137. The number of alkyl halides is 3. The van der Waals surface area contributed by atoms with E-state index in [9.17, 15) is 21.6 Å². The van der Waals surface area contributed by atoms with Crippen LogP contribution in [0.25, 0.3) is 0 Å². The van der Waals surface area contributed by atoms with Gasteiger partial charge in [0.05, 0.1) is 12.4 Å². The molecular formula is C9H11F3N4O2S. The first-order valence-corrected chi connectivity index (χ1v) is 6.80. The molecule has 1 aromatic heterocycles. The molecular weight excluding hydrogens is 285 g/mol. The minimum absolute atomic E-state index is 0.146. The standard InChI is InChI=1S/C9H11F3N4O2S/c10-9(11,12)5-16(6-1-2-6)19(17,18)7-3-14-8(13)15-4-7/h3-4,6H,1-2,5H2,(H2,13,14,15). The fraction of sp³-hybridized carbons (Fsp3) is 0.556. The summed E-state index contributed by atoms with van der Waals surface area (Å²) in [6.07, 6.45) is -1.94. The average molecular weight is 296 g/mol. The van der Waals surface area contributed by atoms with Crippen molar-refractivity contribution < 1.29 is 21.6 Å². The van der Waals surface area contributed by atoms with Gasteiger partial charge in [0.25, 0.3) is 0 Å². The molecule has 6 nitrogen and oxygen atoms in total. The van der Waals surface area contributed by atoms with Gasteiger partial charge in [0, 0.05) is 6.04 Å². The first-order chi connectivity index (χ1) is 8.70. The lowest BCUT2D eigenvalue weighted by Crippen LogP contribution is -2.40. The van der Waals surface area contributed by atoms with Crippen molar-refractivity contribution in [2.75, 3.05) is 12.3 Å². The molecule has 2 rings (SSSR count). The highest BCUT2D eigenvalue weighted by atomic mass is 32.2. The highest BCUT2D eigenvalue weighted by molar-refractivity contribution is 7.89. The lowest BCUT2D eigenvalue weighted by atomic mass is 10.6. The number of aromatic nitrogens is 2. The van der Waals surface area contributed by atoms with Crippen molar-refractivity contribution in [3.8, 4) is 0 Å². The molecule has 106 valence electrons. The van der Waals surface area contributed by atoms with Crippen LogP contribution in [0.15, 0.2) is 17.3 Å². The molecule has 1 aromatic rings. The number of nitrogens with two attached hydrogens (primary N) is 1. The third-order valence-corrected chi connectivity index (χ3v) is 4.40. The molecule has 0 aliphatic heterocycles. The van der Waals surface area contributed by atoms with Crippen LogP contribution in [0.3, 0.4) is 0 Å². The third kappa shape index (κ3) is 3.32. The van der Waals surface area contributed by atoms with Gasteiger partial charge in [-0.2, -0.15) is 17.5 Å². The van der Waals surface area contributed by atoms with Crippen LogP contribution in [0.1, 0.15) is 12.8 Å². The second-order valence-electron chi connectivity index (χ2n) is 4.17. The number of rotatable bonds is 4. The maximum absolute atomic E-state index is 12.4. The summed E-state index contributed by atoms with van der Waals surface area (Å²) in [5.41, 5.74) is 5.21. The zero-order valence-electron chi connectivity index (χ0n) is 9.63. The molecule has 1 aliphatic carbocycles. The van der Waals surface area contributed by atoms with Crippen LogP contribution in [-0.2, 0) is 10.0 Å². The number of anilines is 1. The Morgan fingerprint density at radius 1 is 1.32 bits per heavy atom. The molecule has 1 heterocycles. The second kappa shape index (κ2) is 4.60. The van der Waals surface area contributed by atoms with Gasteiger partial charge in [-0.3, -0.25) is 0 Å².